The number of sulfonamides is 1. The van der Waals surface area contributed by atoms with E-state index in [1.54, 1.807) is 0 Å². The number of nitrogens with two attached hydrogens (primary N) is 1. The van der Waals surface area contributed by atoms with Gasteiger partial charge in [-0.3, -0.25) is 4.79 Å². The van der Waals surface area contributed by atoms with Crippen LogP contribution in [0.25, 0.3) is 0 Å². The molecule has 2 N–H and O–H groups in total. The third kappa shape index (κ3) is 4.14. The van der Waals surface area contributed by atoms with Crippen molar-refractivity contribution in [3.63, 3.8) is 0 Å². The summed E-state index contributed by atoms with van der Waals surface area (Å²) < 4.78 is 34.3. The van der Waals surface area contributed by atoms with Gasteiger partial charge >= 0.3 is 11.9 Å². The maximum Gasteiger partial charge on any atom is 0.343 e. The van der Waals surface area contributed by atoms with E-state index in [9.17, 15) is 18.0 Å². The Balaban J connectivity index is 1.34. The standard InChI is InChI=1S/C28H33NO6S/c1-17(30)34-25-11-10-24-27(2)14-12-19-16-20(6-9-22(19)23(27)13-15-28(24,25)3)35-26(31)18-4-7-21(8-5-18)36(29,32)33/h4-9,16,23-25H,10-15H2,1-3H3,(H2,29,32,33)/t23-,24+,25+,27-,28+/m1/s1. The number of primary sulfonamides is 1. The molecule has 0 bridgehead atoms. The van der Waals surface area contributed by atoms with Gasteiger partial charge in [-0.1, -0.05) is 19.9 Å². The number of aryl methyl sites for hydroxylation is 1. The average molecular weight is 512 g/mol. The third-order valence-electron chi connectivity index (χ3n) is 9.17. The summed E-state index contributed by atoms with van der Waals surface area (Å²) in [5.41, 5.74) is 2.95. The summed E-state index contributed by atoms with van der Waals surface area (Å²) in [5, 5.41) is 5.13. The van der Waals surface area contributed by atoms with Crippen molar-refractivity contribution in [3.8, 4) is 5.75 Å². The first kappa shape index (κ1) is 25.0. The highest BCUT2D eigenvalue weighted by molar-refractivity contribution is 7.89. The van der Waals surface area contributed by atoms with Gasteiger partial charge in [0, 0.05) is 12.3 Å². The third-order valence-corrected chi connectivity index (χ3v) is 10.1. The normalized spacial score (nSPS) is 31.1. The van der Waals surface area contributed by atoms with Crippen LogP contribution in [0.5, 0.6) is 5.75 Å². The molecule has 2 fully saturated rings. The minimum atomic E-state index is -3.82. The summed E-state index contributed by atoms with van der Waals surface area (Å²) in [6.45, 7) is 6.23. The molecule has 0 unspecified atom stereocenters. The van der Waals surface area contributed by atoms with Gasteiger partial charge in [0.25, 0.3) is 0 Å². The molecule has 2 aromatic carbocycles. The van der Waals surface area contributed by atoms with Crippen molar-refractivity contribution in [1.82, 2.24) is 0 Å². The number of hydrogen-bond acceptors (Lipinski definition) is 6. The quantitative estimate of drug-likeness (QED) is 0.469. The molecular weight excluding hydrogens is 478 g/mol. The SMILES string of the molecule is CC(=O)O[C@H]1CC[C@@H]2[C@]1(C)CC[C@@H]1c3ccc(OC(=O)c4ccc(S(N)(=O)=O)cc4)cc3CC[C@@]21C. The minimum absolute atomic E-state index is 0.0000126. The molecule has 3 aliphatic carbocycles. The highest BCUT2D eigenvalue weighted by atomic mass is 32.2. The van der Waals surface area contributed by atoms with E-state index in [4.69, 9.17) is 14.6 Å². The monoisotopic (exact) mass is 511 g/mol. The van der Waals surface area contributed by atoms with Gasteiger partial charge in [0.05, 0.1) is 10.5 Å². The smallest absolute Gasteiger partial charge is 0.343 e. The second-order valence-electron chi connectivity index (χ2n) is 11.2. The molecule has 7 nitrogen and oxygen atoms in total. The van der Waals surface area contributed by atoms with Crippen LogP contribution >= 0.6 is 0 Å². The Morgan fingerprint density at radius 3 is 2.36 bits per heavy atom. The summed E-state index contributed by atoms with van der Waals surface area (Å²) >= 11 is 0. The Kier molecular flexibility index (Phi) is 6.03. The highest BCUT2D eigenvalue weighted by Gasteiger charge is 2.61. The van der Waals surface area contributed by atoms with Crippen LogP contribution in [0.1, 0.15) is 80.3 Å². The van der Waals surface area contributed by atoms with Gasteiger partial charge < -0.3 is 9.47 Å². The molecule has 2 aromatic rings. The Hall–Kier alpha value is -2.71. The number of fused-ring (bicyclic) bond motifs is 5. The van der Waals surface area contributed by atoms with Crippen molar-refractivity contribution in [2.45, 2.75) is 76.2 Å². The predicted octanol–water partition coefficient (Wildman–Crippen LogP) is 4.73. The number of carbonyl (C=O) groups excluding carboxylic acids is 2. The van der Waals surface area contributed by atoms with Crippen LogP contribution in [-0.2, 0) is 26.0 Å². The van der Waals surface area contributed by atoms with Gasteiger partial charge in [-0.05, 0) is 103 Å². The summed E-state index contributed by atoms with van der Waals surface area (Å²) in [6, 6.07) is 11.3. The van der Waals surface area contributed by atoms with E-state index in [0.29, 0.717) is 17.6 Å². The first-order valence-electron chi connectivity index (χ1n) is 12.6. The first-order chi connectivity index (χ1) is 16.9. The second-order valence-corrected chi connectivity index (χ2v) is 12.7. The summed E-state index contributed by atoms with van der Waals surface area (Å²) in [6.07, 6.45) is 6.04. The van der Waals surface area contributed by atoms with Crippen LogP contribution in [0.3, 0.4) is 0 Å². The van der Waals surface area contributed by atoms with Crippen molar-refractivity contribution in [1.29, 1.82) is 0 Å². The Morgan fingerprint density at radius 1 is 0.972 bits per heavy atom. The summed E-state index contributed by atoms with van der Waals surface area (Å²) in [4.78, 5) is 24.3. The molecule has 0 spiro atoms. The number of hydrogen-bond donors (Lipinski definition) is 1. The van der Waals surface area contributed by atoms with Crippen molar-refractivity contribution < 1.29 is 27.5 Å². The zero-order valence-corrected chi connectivity index (χ0v) is 21.8. The minimum Gasteiger partial charge on any atom is -0.462 e. The molecule has 192 valence electrons. The van der Waals surface area contributed by atoms with E-state index < -0.39 is 16.0 Å². The molecule has 36 heavy (non-hydrogen) atoms. The Labute approximate surface area is 212 Å². The van der Waals surface area contributed by atoms with E-state index in [2.05, 4.69) is 19.9 Å². The molecule has 0 saturated heterocycles. The van der Waals surface area contributed by atoms with E-state index in [1.807, 2.05) is 12.1 Å². The lowest BCUT2D eigenvalue weighted by Gasteiger charge is -2.57. The van der Waals surface area contributed by atoms with E-state index in [-0.39, 0.29) is 33.4 Å². The van der Waals surface area contributed by atoms with Crippen LogP contribution in [-0.4, -0.2) is 26.5 Å². The molecule has 5 atom stereocenters. The molecule has 3 aliphatic rings. The van der Waals surface area contributed by atoms with Crippen LogP contribution in [0, 0.1) is 16.7 Å². The van der Waals surface area contributed by atoms with Crippen molar-refractivity contribution in [2.24, 2.45) is 21.9 Å². The van der Waals surface area contributed by atoms with Crippen LogP contribution in [0.15, 0.2) is 47.4 Å². The van der Waals surface area contributed by atoms with Crippen molar-refractivity contribution in [3.05, 3.63) is 59.2 Å². The molecule has 8 heteroatoms. The molecular formula is C28H33NO6S. The van der Waals surface area contributed by atoms with E-state index in [0.717, 1.165) is 38.5 Å². The predicted molar refractivity (Wildman–Crippen MR) is 134 cm³/mol. The largest absolute Gasteiger partial charge is 0.462 e. The van der Waals surface area contributed by atoms with Crippen LogP contribution in [0.4, 0.5) is 0 Å². The lowest BCUT2D eigenvalue weighted by molar-refractivity contribution is -0.157. The lowest BCUT2D eigenvalue weighted by atomic mass is 9.48. The number of rotatable bonds is 4. The molecule has 0 radical (unpaired) electrons. The maximum absolute atomic E-state index is 12.7. The van der Waals surface area contributed by atoms with Gasteiger partial charge in [-0.25, -0.2) is 18.4 Å². The molecule has 2 saturated carbocycles. The average Bonchev–Trinajstić information content (AvgIpc) is 3.15. The van der Waals surface area contributed by atoms with Gasteiger partial charge in [-0.15, -0.1) is 0 Å². The van der Waals surface area contributed by atoms with E-state index in [1.165, 1.54) is 42.3 Å². The van der Waals surface area contributed by atoms with Gasteiger partial charge in [0.15, 0.2) is 0 Å². The zero-order valence-electron chi connectivity index (χ0n) is 21.0. The second kappa shape index (κ2) is 8.70. The molecule has 5 rings (SSSR count). The fourth-order valence-electron chi connectivity index (χ4n) is 7.45. The fourth-order valence-corrected chi connectivity index (χ4v) is 7.97. The topological polar surface area (TPSA) is 113 Å². The van der Waals surface area contributed by atoms with Crippen molar-refractivity contribution >= 4 is 22.0 Å². The maximum atomic E-state index is 12.7. The fraction of sp³-hybridized carbons (Fsp3) is 0.500. The molecule has 0 aromatic heterocycles. The molecule has 0 aliphatic heterocycles. The Bertz CT molecular complexity index is 1320. The molecule has 0 heterocycles. The van der Waals surface area contributed by atoms with Crippen molar-refractivity contribution in [2.75, 3.05) is 0 Å². The van der Waals surface area contributed by atoms with Gasteiger partial charge in [0.2, 0.25) is 10.0 Å². The highest BCUT2D eigenvalue weighted by Crippen LogP contribution is 2.67. The molecule has 0 amide bonds. The number of ether oxygens (including phenoxy) is 2. The first-order valence-corrected chi connectivity index (χ1v) is 14.1. The van der Waals surface area contributed by atoms with E-state index >= 15 is 0 Å². The number of benzene rings is 2. The van der Waals surface area contributed by atoms with Gasteiger partial charge in [0.1, 0.15) is 11.9 Å². The summed E-state index contributed by atoms with van der Waals surface area (Å²) in [5.74, 6) is 0.664. The number of esters is 2. The number of carbonyl (C=O) groups is 2. The van der Waals surface area contributed by atoms with Gasteiger partial charge in [-0.2, -0.15) is 0 Å². The summed E-state index contributed by atoms with van der Waals surface area (Å²) in [7, 11) is -3.82. The lowest BCUT2D eigenvalue weighted by Crippen LogP contribution is -2.50. The van der Waals surface area contributed by atoms with Crippen LogP contribution in [0.2, 0.25) is 0 Å². The van der Waals surface area contributed by atoms with Crippen LogP contribution < -0.4 is 9.88 Å². The Morgan fingerprint density at radius 2 is 1.69 bits per heavy atom. The zero-order chi connectivity index (χ0) is 25.9.